The van der Waals surface area contributed by atoms with Gasteiger partial charge in [-0.1, -0.05) is 11.8 Å². The van der Waals surface area contributed by atoms with Gasteiger partial charge in [0.25, 0.3) is 0 Å². The van der Waals surface area contributed by atoms with Gasteiger partial charge in [-0.05, 0) is 22.0 Å². The van der Waals surface area contributed by atoms with E-state index < -0.39 is 0 Å². The number of fused-ring (bicyclic) bond motifs is 1. The average molecular weight is 292 g/mol. The van der Waals surface area contributed by atoms with Gasteiger partial charge in [0.2, 0.25) is 5.91 Å². The number of halogens is 1. The molecule has 17 heavy (non-hydrogen) atoms. The Morgan fingerprint density at radius 3 is 3.24 bits per heavy atom. The third-order valence-electron chi connectivity index (χ3n) is 2.15. The van der Waals surface area contributed by atoms with Crippen LogP contribution in [0.3, 0.4) is 0 Å². The van der Waals surface area contributed by atoms with E-state index in [1.807, 2.05) is 12.3 Å². The van der Waals surface area contributed by atoms with Crippen LogP contribution in [0.2, 0.25) is 0 Å². The molecule has 0 unspecified atom stereocenters. The van der Waals surface area contributed by atoms with Gasteiger partial charge in [0.1, 0.15) is 5.65 Å². The largest absolute Gasteiger partial charge is 0.345 e. The van der Waals surface area contributed by atoms with Gasteiger partial charge >= 0.3 is 0 Å². The van der Waals surface area contributed by atoms with Gasteiger partial charge in [-0.25, -0.2) is 4.98 Å². The highest BCUT2D eigenvalue weighted by Crippen LogP contribution is 2.19. The zero-order valence-corrected chi connectivity index (χ0v) is 10.8. The van der Waals surface area contributed by atoms with Crippen LogP contribution >= 0.6 is 15.9 Å². The molecule has 2 aromatic rings. The number of carbonyl (C=O) groups is 1. The van der Waals surface area contributed by atoms with Gasteiger partial charge < -0.3 is 10.3 Å². The molecular weight excluding hydrogens is 282 g/mol. The number of aromatic amines is 1. The third-order valence-corrected chi connectivity index (χ3v) is 2.58. The van der Waals surface area contributed by atoms with Crippen molar-refractivity contribution in [2.45, 2.75) is 6.92 Å². The molecular formula is C12H10BrN3O. The second kappa shape index (κ2) is 5.02. The molecule has 2 heterocycles. The Kier molecular flexibility index (Phi) is 3.45. The summed E-state index contributed by atoms with van der Waals surface area (Å²) >= 11 is 3.37. The van der Waals surface area contributed by atoms with Crippen LogP contribution in [0.25, 0.3) is 11.0 Å². The fourth-order valence-corrected chi connectivity index (χ4v) is 1.72. The Balaban J connectivity index is 2.24. The van der Waals surface area contributed by atoms with Gasteiger partial charge in [-0.15, -0.1) is 0 Å². The van der Waals surface area contributed by atoms with E-state index in [4.69, 9.17) is 0 Å². The summed E-state index contributed by atoms with van der Waals surface area (Å²) in [6.07, 6.45) is 3.54. The zero-order chi connectivity index (χ0) is 12.3. The molecule has 0 atom stereocenters. The summed E-state index contributed by atoms with van der Waals surface area (Å²) in [6.45, 7) is 1.82. The summed E-state index contributed by atoms with van der Waals surface area (Å²) in [5.74, 6) is 5.80. The normalized spacial score (nSPS) is 9.76. The number of nitrogens with one attached hydrogen (secondary N) is 2. The van der Waals surface area contributed by atoms with E-state index >= 15 is 0 Å². The predicted molar refractivity (Wildman–Crippen MR) is 69.4 cm³/mol. The lowest BCUT2D eigenvalue weighted by Gasteiger charge is -1.92. The van der Waals surface area contributed by atoms with Crippen LogP contribution in [-0.2, 0) is 4.79 Å². The topological polar surface area (TPSA) is 57.8 Å². The highest BCUT2D eigenvalue weighted by Gasteiger charge is 2.02. The second-order valence-electron chi connectivity index (χ2n) is 3.46. The molecule has 1 amide bonds. The molecule has 86 valence electrons. The number of H-pyrrole nitrogens is 1. The molecule has 2 N–H and O–H groups in total. The van der Waals surface area contributed by atoms with Crippen molar-refractivity contribution in [3.05, 3.63) is 28.5 Å². The van der Waals surface area contributed by atoms with Gasteiger partial charge in [-0.2, -0.15) is 0 Å². The van der Waals surface area contributed by atoms with Crippen molar-refractivity contribution in [3.63, 3.8) is 0 Å². The smallest absolute Gasteiger partial charge is 0.217 e. The maximum Gasteiger partial charge on any atom is 0.217 e. The van der Waals surface area contributed by atoms with E-state index in [1.54, 1.807) is 6.20 Å². The van der Waals surface area contributed by atoms with Crippen LogP contribution in [-0.4, -0.2) is 22.4 Å². The molecule has 0 radical (unpaired) electrons. The lowest BCUT2D eigenvalue weighted by molar-refractivity contribution is -0.118. The van der Waals surface area contributed by atoms with Gasteiger partial charge in [0, 0.05) is 29.2 Å². The molecule has 0 fully saturated rings. The molecule has 0 aliphatic rings. The van der Waals surface area contributed by atoms with Crippen LogP contribution in [0.5, 0.6) is 0 Å². The summed E-state index contributed by atoms with van der Waals surface area (Å²) in [4.78, 5) is 17.9. The molecule has 5 heteroatoms. The minimum Gasteiger partial charge on any atom is -0.345 e. The van der Waals surface area contributed by atoms with Crippen molar-refractivity contribution in [2.75, 3.05) is 6.54 Å². The first-order valence-corrected chi connectivity index (χ1v) is 5.82. The predicted octanol–water partition coefficient (Wildman–Crippen LogP) is 1.81. The van der Waals surface area contributed by atoms with Crippen LogP contribution in [0.1, 0.15) is 12.5 Å². The van der Waals surface area contributed by atoms with E-state index in [1.165, 1.54) is 6.92 Å². The Hall–Kier alpha value is -1.80. The number of rotatable bonds is 1. The quantitative estimate of drug-likeness (QED) is 0.788. The van der Waals surface area contributed by atoms with Crippen LogP contribution in [0, 0.1) is 11.8 Å². The molecule has 0 aliphatic heterocycles. The number of hydrogen-bond donors (Lipinski definition) is 2. The van der Waals surface area contributed by atoms with Crippen molar-refractivity contribution in [1.29, 1.82) is 0 Å². The first-order chi connectivity index (χ1) is 8.16. The third kappa shape index (κ3) is 2.86. The van der Waals surface area contributed by atoms with Crippen LogP contribution < -0.4 is 5.32 Å². The van der Waals surface area contributed by atoms with E-state index in [9.17, 15) is 4.79 Å². The summed E-state index contributed by atoms with van der Waals surface area (Å²) in [6, 6.07) is 1.96. The lowest BCUT2D eigenvalue weighted by Crippen LogP contribution is -2.19. The van der Waals surface area contributed by atoms with Gasteiger partial charge in [0.05, 0.1) is 12.1 Å². The molecule has 2 aromatic heterocycles. The maximum absolute atomic E-state index is 10.7. The Bertz CT molecular complexity index is 621. The van der Waals surface area contributed by atoms with Gasteiger partial charge in [0.15, 0.2) is 0 Å². The highest BCUT2D eigenvalue weighted by molar-refractivity contribution is 9.10. The monoisotopic (exact) mass is 291 g/mol. The lowest BCUT2D eigenvalue weighted by atomic mass is 10.2. The molecule has 0 aliphatic carbocycles. The first-order valence-electron chi connectivity index (χ1n) is 5.03. The Labute approximate surface area is 107 Å². The van der Waals surface area contributed by atoms with E-state index in [0.29, 0.717) is 6.54 Å². The minimum atomic E-state index is -0.0809. The summed E-state index contributed by atoms with van der Waals surface area (Å²) in [5, 5.41) is 3.59. The van der Waals surface area contributed by atoms with Crippen molar-refractivity contribution in [3.8, 4) is 11.8 Å². The van der Waals surface area contributed by atoms with E-state index in [0.717, 1.165) is 21.1 Å². The fraction of sp³-hybridized carbons (Fsp3) is 0.167. The number of aromatic nitrogens is 2. The number of pyridine rings is 1. The molecule has 0 saturated carbocycles. The highest BCUT2D eigenvalue weighted by atomic mass is 79.9. The van der Waals surface area contributed by atoms with Crippen LogP contribution in [0.15, 0.2) is 22.9 Å². The SMILES string of the molecule is CC(=O)NCC#Cc1c[nH]c2ncc(Br)cc12. The Morgan fingerprint density at radius 2 is 2.47 bits per heavy atom. The molecule has 4 nitrogen and oxygen atoms in total. The van der Waals surface area contributed by atoms with E-state index in [-0.39, 0.29) is 5.91 Å². The van der Waals surface area contributed by atoms with Crippen molar-refractivity contribution in [1.82, 2.24) is 15.3 Å². The molecule has 0 spiro atoms. The number of carbonyl (C=O) groups excluding carboxylic acids is 1. The number of hydrogen-bond acceptors (Lipinski definition) is 2. The van der Waals surface area contributed by atoms with Gasteiger partial charge in [-0.3, -0.25) is 4.79 Å². The van der Waals surface area contributed by atoms with Crippen molar-refractivity contribution >= 4 is 32.9 Å². The fourth-order valence-electron chi connectivity index (χ4n) is 1.39. The summed E-state index contributed by atoms with van der Waals surface area (Å²) in [7, 11) is 0. The van der Waals surface area contributed by atoms with E-state index in [2.05, 4.69) is 43.1 Å². The molecule has 0 bridgehead atoms. The summed E-state index contributed by atoms with van der Waals surface area (Å²) in [5.41, 5.74) is 1.68. The zero-order valence-electron chi connectivity index (χ0n) is 9.17. The van der Waals surface area contributed by atoms with Crippen molar-refractivity contribution in [2.24, 2.45) is 0 Å². The average Bonchev–Trinajstić information content (AvgIpc) is 2.67. The molecule has 2 rings (SSSR count). The first kappa shape index (κ1) is 11.7. The Morgan fingerprint density at radius 1 is 1.65 bits per heavy atom. The summed E-state index contributed by atoms with van der Waals surface area (Å²) < 4.78 is 0.912. The second-order valence-corrected chi connectivity index (χ2v) is 4.38. The van der Waals surface area contributed by atoms with Crippen LogP contribution in [0.4, 0.5) is 0 Å². The van der Waals surface area contributed by atoms with Crippen molar-refractivity contribution < 1.29 is 4.79 Å². The molecule has 0 aromatic carbocycles. The molecule has 0 saturated heterocycles. The number of nitrogens with zero attached hydrogens (tertiary/aromatic N) is 1. The maximum atomic E-state index is 10.7. The minimum absolute atomic E-state index is 0.0809. The standard InChI is InChI=1S/C12H10BrN3O/c1-8(17)14-4-2-3-9-6-15-12-11(9)5-10(13)7-16-12/h5-7H,4H2,1H3,(H,14,17)(H,15,16). The number of amides is 1.